The molecule has 1 saturated carbocycles. The highest BCUT2D eigenvalue weighted by Crippen LogP contribution is 2.19. The summed E-state index contributed by atoms with van der Waals surface area (Å²) in [7, 11) is 0. The van der Waals surface area contributed by atoms with Gasteiger partial charge in [-0.3, -0.25) is 0 Å². The van der Waals surface area contributed by atoms with E-state index in [1.54, 1.807) is 0 Å². The van der Waals surface area contributed by atoms with Crippen LogP contribution in [0.3, 0.4) is 0 Å². The first kappa shape index (κ1) is 10.2. The molecule has 0 unspecified atom stereocenters. The van der Waals surface area contributed by atoms with Crippen molar-refractivity contribution in [2.45, 2.75) is 51.6 Å². The van der Waals surface area contributed by atoms with Gasteiger partial charge in [0.25, 0.3) is 0 Å². The number of hydrogen-bond acceptors (Lipinski definition) is 2. The van der Waals surface area contributed by atoms with Gasteiger partial charge in [-0.1, -0.05) is 19.3 Å². The lowest BCUT2D eigenvalue weighted by atomic mass is 9.95. The summed E-state index contributed by atoms with van der Waals surface area (Å²) >= 11 is 1.81. The Hall–Kier alpha value is -0.340. The number of hydrogen-bond donors (Lipinski definition) is 1. The average molecular weight is 209 g/mol. The second-order valence-corrected chi connectivity index (χ2v) is 5.04. The third-order valence-corrected chi connectivity index (χ3v) is 4.06. The summed E-state index contributed by atoms with van der Waals surface area (Å²) in [4.78, 5) is 0. The molecule has 0 radical (unpaired) electrons. The molecule has 0 aromatic carbocycles. The molecule has 1 N–H and O–H groups in total. The normalized spacial score (nSPS) is 18.6. The highest BCUT2D eigenvalue weighted by Gasteiger charge is 2.12. The summed E-state index contributed by atoms with van der Waals surface area (Å²) in [6.45, 7) is 3.27. The Morgan fingerprint density at radius 2 is 2.07 bits per heavy atom. The maximum absolute atomic E-state index is 3.67. The molecule has 0 spiro atoms. The second kappa shape index (κ2) is 4.94. The maximum Gasteiger partial charge on any atom is 0.0218 e. The van der Waals surface area contributed by atoms with E-state index in [-0.39, 0.29) is 0 Å². The van der Waals surface area contributed by atoms with Gasteiger partial charge in [-0.05, 0) is 41.7 Å². The first-order chi connectivity index (χ1) is 6.86. The van der Waals surface area contributed by atoms with Crippen molar-refractivity contribution >= 4 is 11.3 Å². The summed E-state index contributed by atoms with van der Waals surface area (Å²) in [5, 5.41) is 8.17. The van der Waals surface area contributed by atoms with Crippen LogP contribution in [0, 0.1) is 6.92 Å². The molecular formula is C12H19NS. The fourth-order valence-corrected chi connectivity index (χ4v) is 2.99. The minimum absolute atomic E-state index is 0.781. The molecule has 0 aliphatic heterocycles. The van der Waals surface area contributed by atoms with Gasteiger partial charge in [-0.15, -0.1) is 0 Å². The lowest BCUT2D eigenvalue weighted by molar-refractivity contribution is 0.372. The average Bonchev–Trinajstić information content (AvgIpc) is 2.63. The highest BCUT2D eigenvalue weighted by atomic mass is 32.1. The van der Waals surface area contributed by atoms with E-state index in [1.165, 1.54) is 43.2 Å². The molecule has 1 aromatic rings. The Balaban J connectivity index is 1.79. The number of aryl methyl sites for hydroxylation is 1. The van der Waals surface area contributed by atoms with Crippen LogP contribution in [0.1, 0.15) is 43.2 Å². The zero-order valence-corrected chi connectivity index (χ0v) is 9.70. The molecule has 1 heterocycles. The van der Waals surface area contributed by atoms with E-state index in [1.807, 2.05) is 11.3 Å². The minimum Gasteiger partial charge on any atom is -0.310 e. The van der Waals surface area contributed by atoms with E-state index >= 15 is 0 Å². The standard InChI is InChI=1S/C12H19NS/c1-10-8-14-9-11(10)7-13-12-5-3-2-4-6-12/h8-9,12-13H,2-7H2,1H3. The molecule has 1 aliphatic carbocycles. The quantitative estimate of drug-likeness (QED) is 0.803. The molecule has 14 heavy (non-hydrogen) atoms. The Morgan fingerprint density at radius 3 is 2.71 bits per heavy atom. The summed E-state index contributed by atoms with van der Waals surface area (Å²) in [5.41, 5.74) is 2.93. The Kier molecular flexibility index (Phi) is 3.60. The molecule has 0 atom stereocenters. The Labute approximate surface area is 90.5 Å². The van der Waals surface area contributed by atoms with E-state index < -0.39 is 0 Å². The molecule has 78 valence electrons. The predicted molar refractivity (Wildman–Crippen MR) is 62.8 cm³/mol. The maximum atomic E-state index is 3.67. The van der Waals surface area contributed by atoms with Gasteiger partial charge in [0.1, 0.15) is 0 Å². The molecule has 1 nitrogen and oxygen atoms in total. The molecule has 0 bridgehead atoms. The van der Waals surface area contributed by atoms with Gasteiger partial charge in [0, 0.05) is 12.6 Å². The Bertz CT molecular complexity index is 274. The summed E-state index contributed by atoms with van der Waals surface area (Å²) < 4.78 is 0. The van der Waals surface area contributed by atoms with Crippen molar-refractivity contribution in [3.63, 3.8) is 0 Å². The largest absolute Gasteiger partial charge is 0.310 e. The second-order valence-electron chi connectivity index (χ2n) is 4.30. The van der Waals surface area contributed by atoms with Gasteiger partial charge < -0.3 is 5.32 Å². The van der Waals surface area contributed by atoms with Crippen LogP contribution in [-0.2, 0) is 6.54 Å². The predicted octanol–water partition coefficient (Wildman–Crippen LogP) is 3.48. The van der Waals surface area contributed by atoms with E-state index in [2.05, 4.69) is 23.0 Å². The van der Waals surface area contributed by atoms with Crippen molar-refractivity contribution in [1.82, 2.24) is 5.32 Å². The summed E-state index contributed by atoms with van der Waals surface area (Å²) in [6.07, 6.45) is 7.03. The van der Waals surface area contributed by atoms with Crippen LogP contribution in [0.2, 0.25) is 0 Å². The van der Waals surface area contributed by atoms with Gasteiger partial charge in [-0.25, -0.2) is 0 Å². The van der Waals surface area contributed by atoms with Gasteiger partial charge in [0.2, 0.25) is 0 Å². The van der Waals surface area contributed by atoms with Crippen molar-refractivity contribution < 1.29 is 0 Å². The van der Waals surface area contributed by atoms with Crippen molar-refractivity contribution in [2.24, 2.45) is 0 Å². The summed E-state index contributed by atoms with van der Waals surface area (Å²) in [6, 6.07) is 0.781. The van der Waals surface area contributed by atoms with E-state index in [9.17, 15) is 0 Å². The van der Waals surface area contributed by atoms with Gasteiger partial charge in [-0.2, -0.15) is 11.3 Å². The van der Waals surface area contributed by atoms with Crippen LogP contribution in [0.25, 0.3) is 0 Å². The van der Waals surface area contributed by atoms with E-state index in [0.717, 1.165) is 12.6 Å². The van der Waals surface area contributed by atoms with Crippen LogP contribution in [0.5, 0.6) is 0 Å². The van der Waals surface area contributed by atoms with Crippen LogP contribution in [-0.4, -0.2) is 6.04 Å². The van der Waals surface area contributed by atoms with Crippen molar-refractivity contribution in [3.8, 4) is 0 Å². The molecule has 0 saturated heterocycles. The van der Waals surface area contributed by atoms with Crippen molar-refractivity contribution in [3.05, 3.63) is 21.9 Å². The molecule has 1 aliphatic rings. The summed E-state index contributed by atoms with van der Waals surface area (Å²) in [5.74, 6) is 0. The van der Waals surface area contributed by atoms with Crippen LogP contribution in [0.15, 0.2) is 10.8 Å². The first-order valence-corrected chi connectivity index (χ1v) is 6.55. The van der Waals surface area contributed by atoms with E-state index in [0.29, 0.717) is 0 Å². The smallest absolute Gasteiger partial charge is 0.0218 e. The lowest BCUT2D eigenvalue weighted by Crippen LogP contribution is -2.30. The topological polar surface area (TPSA) is 12.0 Å². The fourth-order valence-electron chi connectivity index (χ4n) is 2.13. The third kappa shape index (κ3) is 2.58. The molecule has 1 fully saturated rings. The Morgan fingerprint density at radius 1 is 1.29 bits per heavy atom. The zero-order valence-electron chi connectivity index (χ0n) is 8.88. The number of nitrogens with one attached hydrogen (secondary N) is 1. The molecular weight excluding hydrogens is 190 g/mol. The van der Waals surface area contributed by atoms with E-state index in [4.69, 9.17) is 0 Å². The highest BCUT2D eigenvalue weighted by molar-refractivity contribution is 7.08. The molecule has 0 amide bonds. The van der Waals surface area contributed by atoms with Crippen molar-refractivity contribution in [2.75, 3.05) is 0 Å². The van der Waals surface area contributed by atoms with Gasteiger partial charge in [0.15, 0.2) is 0 Å². The zero-order chi connectivity index (χ0) is 9.80. The van der Waals surface area contributed by atoms with Crippen LogP contribution < -0.4 is 5.32 Å². The van der Waals surface area contributed by atoms with Gasteiger partial charge in [0.05, 0.1) is 0 Å². The molecule has 2 rings (SSSR count). The third-order valence-electron chi connectivity index (χ3n) is 3.15. The van der Waals surface area contributed by atoms with Crippen LogP contribution >= 0.6 is 11.3 Å². The molecule has 1 aromatic heterocycles. The first-order valence-electron chi connectivity index (χ1n) is 5.61. The molecule has 2 heteroatoms. The number of rotatable bonds is 3. The monoisotopic (exact) mass is 209 g/mol. The number of thiophene rings is 1. The van der Waals surface area contributed by atoms with Gasteiger partial charge >= 0.3 is 0 Å². The van der Waals surface area contributed by atoms with Crippen molar-refractivity contribution in [1.29, 1.82) is 0 Å². The van der Waals surface area contributed by atoms with Crippen LogP contribution in [0.4, 0.5) is 0 Å². The lowest BCUT2D eigenvalue weighted by Gasteiger charge is -2.22. The SMILES string of the molecule is Cc1cscc1CNC1CCCCC1. The fraction of sp³-hybridized carbons (Fsp3) is 0.667. The minimum atomic E-state index is 0.781.